The molecular formula is C58H35N. The second kappa shape index (κ2) is 12.4. The second-order valence-corrected chi connectivity index (χ2v) is 16.0. The molecule has 0 aliphatic carbocycles. The molecule has 0 radical (unpaired) electrons. The van der Waals surface area contributed by atoms with Crippen LogP contribution in [0.15, 0.2) is 212 Å². The fourth-order valence-corrected chi connectivity index (χ4v) is 10.3. The Kier molecular flexibility index (Phi) is 6.79. The van der Waals surface area contributed by atoms with E-state index in [0.29, 0.717) is 0 Å². The summed E-state index contributed by atoms with van der Waals surface area (Å²) in [5.41, 5.74) is 10.9. The number of aromatic nitrogens is 1. The molecule has 12 aromatic carbocycles. The lowest BCUT2D eigenvalue weighted by atomic mass is 9.84. The van der Waals surface area contributed by atoms with Crippen LogP contribution in [0.3, 0.4) is 0 Å². The second-order valence-electron chi connectivity index (χ2n) is 16.0. The van der Waals surface area contributed by atoms with Gasteiger partial charge in [-0.15, -0.1) is 0 Å². The van der Waals surface area contributed by atoms with Gasteiger partial charge in [-0.05, 0) is 124 Å². The maximum atomic E-state index is 2.55. The summed E-state index contributed by atoms with van der Waals surface area (Å²) in [6, 6.07) is 78.9. The number of nitrogens with zero attached hydrogens (tertiary/aromatic N) is 1. The van der Waals surface area contributed by atoms with Crippen molar-refractivity contribution in [1.82, 2.24) is 4.57 Å². The van der Waals surface area contributed by atoms with Gasteiger partial charge in [0.2, 0.25) is 0 Å². The van der Waals surface area contributed by atoms with Crippen LogP contribution in [-0.2, 0) is 0 Å². The molecule has 0 N–H and O–H groups in total. The highest BCUT2D eigenvalue weighted by Gasteiger charge is 2.24. The summed E-state index contributed by atoms with van der Waals surface area (Å²) < 4.78 is 2.55. The first-order valence-electron chi connectivity index (χ1n) is 20.5. The van der Waals surface area contributed by atoms with E-state index >= 15 is 0 Å². The largest absolute Gasteiger partial charge is 0.309 e. The van der Waals surface area contributed by atoms with Gasteiger partial charge in [-0.25, -0.2) is 0 Å². The van der Waals surface area contributed by atoms with Crippen molar-refractivity contribution < 1.29 is 0 Å². The quantitative estimate of drug-likeness (QED) is 0.158. The Morgan fingerprint density at radius 2 is 0.814 bits per heavy atom. The predicted molar refractivity (Wildman–Crippen MR) is 253 cm³/mol. The molecule has 13 aromatic rings. The van der Waals surface area contributed by atoms with Crippen molar-refractivity contribution in [3.05, 3.63) is 212 Å². The molecule has 0 aliphatic rings. The van der Waals surface area contributed by atoms with Crippen LogP contribution in [0.25, 0.3) is 126 Å². The van der Waals surface area contributed by atoms with Gasteiger partial charge in [0.15, 0.2) is 0 Å². The lowest BCUT2D eigenvalue weighted by Gasteiger charge is -2.20. The van der Waals surface area contributed by atoms with Crippen molar-refractivity contribution in [2.45, 2.75) is 0 Å². The fraction of sp³-hybridized carbons (Fsp3) is 0. The van der Waals surface area contributed by atoms with E-state index in [1.807, 2.05) is 0 Å². The first kappa shape index (κ1) is 32.4. The Morgan fingerprint density at radius 3 is 1.59 bits per heavy atom. The number of fused-ring (bicyclic) bond motifs is 10. The Hall–Kier alpha value is -7.74. The summed E-state index contributed by atoms with van der Waals surface area (Å²) in [6.07, 6.45) is 0. The predicted octanol–water partition coefficient (Wildman–Crippen LogP) is 16.1. The Morgan fingerprint density at radius 1 is 0.254 bits per heavy atom. The molecular weight excluding hydrogens is 711 g/mol. The first-order valence-corrected chi connectivity index (χ1v) is 20.5. The smallest absolute Gasteiger partial charge is 0.0626 e. The van der Waals surface area contributed by atoms with Crippen LogP contribution in [-0.4, -0.2) is 4.57 Å². The molecule has 0 spiro atoms. The normalized spacial score (nSPS) is 12.1. The Balaban J connectivity index is 1.19. The zero-order valence-electron chi connectivity index (χ0n) is 32.2. The molecule has 13 rings (SSSR count). The molecule has 1 heterocycles. The van der Waals surface area contributed by atoms with E-state index in [4.69, 9.17) is 0 Å². The third-order valence-corrected chi connectivity index (χ3v) is 12.8. The van der Waals surface area contributed by atoms with Crippen molar-refractivity contribution in [3.63, 3.8) is 0 Å². The van der Waals surface area contributed by atoms with Crippen LogP contribution in [0.4, 0.5) is 0 Å². The van der Waals surface area contributed by atoms with Crippen molar-refractivity contribution >= 4 is 86.4 Å². The molecule has 0 saturated carbocycles. The molecule has 1 aromatic heterocycles. The third kappa shape index (κ3) is 4.67. The van der Waals surface area contributed by atoms with Crippen LogP contribution in [0, 0.1) is 0 Å². The van der Waals surface area contributed by atoms with Crippen molar-refractivity contribution in [3.8, 4) is 39.1 Å². The molecule has 1 heteroatoms. The molecule has 0 atom stereocenters. The van der Waals surface area contributed by atoms with Gasteiger partial charge >= 0.3 is 0 Å². The van der Waals surface area contributed by atoms with Gasteiger partial charge < -0.3 is 4.57 Å². The van der Waals surface area contributed by atoms with Crippen LogP contribution in [0.2, 0.25) is 0 Å². The van der Waals surface area contributed by atoms with Gasteiger partial charge in [-0.3, -0.25) is 0 Å². The SMILES string of the molecule is c1ccc(-c2cc(-c3ccccc3)cc(-n3c4ccccc4c4c5cccc6cc(-c7cc8c9ccccc9ccc8c8ccccc78)c7cccc(c7c65)c43)c2)cc1. The first-order chi connectivity index (χ1) is 29.3. The van der Waals surface area contributed by atoms with Crippen molar-refractivity contribution in [1.29, 1.82) is 0 Å². The highest BCUT2D eigenvalue weighted by molar-refractivity contribution is 6.39. The van der Waals surface area contributed by atoms with Gasteiger partial charge in [-0.2, -0.15) is 0 Å². The molecule has 0 amide bonds. The van der Waals surface area contributed by atoms with Crippen LogP contribution >= 0.6 is 0 Å². The minimum atomic E-state index is 1.15. The average Bonchev–Trinajstić information content (AvgIpc) is 3.67. The van der Waals surface area contributed by atoms with E-state index in [1.165, 1.54) is 120 Å². The van der Waals surface area contributed by atoms with E-state index < -0.39 is 0 Å². The molecule has 0 bridgehead atoms. The molecule has 0 fully saturated rings. The van der Waals surface area contributed by atoms with E-state index in [2.05, 4.69) is 217 Å². The third-order valence-electron chi connectivity index (χ3n) is 12.8. The van der Waals surface area contributed by atoms with E-state index in [-0.39, 0.29) is 0 Å². The van der Waals surface area contributed by atoms with Gasteiger partial charge in [0, 0.05) is 27.2 Å². The molecule has 59 heavy (non-hydrogen) atoms. The lowest BCUT2D eigenvalue weighted by molar-refractivity contribution is 1.19. The highest BCUT2D eigenvalue weighted by Crippen LogP contribution is 2.49. The standard InChI is InChI=1S/C58H35N/c1-3-15-36(16-4-1)40-31-41(37-17-5-2-6-18-37)33-42(32-40)59-54-28-12-11-24-48(54)57-49-26-13-20-39-34-51(47-25-14-27-50(58(57)59)56(47)55(39)49)53-35-52-43-21-8-7-19-38(43)29-30-46(52)44-22-9-10-23-45(44)53/h1-35H. The summed E-state index contributed by atoms with van der Waals surface area (Å²) >= 11 is 0. The van der Waals surface area contributed by atoms with E-state index in [9.17, 15) is 0 Å². The van der Waals surface area contributed by atoms with Gasteiger partial charge in [0.1, 0.15) is 0 Å². The highest BCUT2D eigenvalue weighted by atomic mass is 15.0. The zero-order chi connectivity index (χ0) is 38.6. The summed E-state index contributed by atoms with van der Waals surface area (Å²) in [4.78, 5) is 0. The topological polar surface area (TPSA) is 4.93 Å². The number of rotatable bonds is 4. The molecule has 0 unspecified atom stereocenters. The summed E-state index contributed by atoms with van der Waals surface area (Å²) in [6.45, 7) is 0. The molecule has 1 nitrogen and oxygen atoms in total. The summed E-state index contributed by atoms with van der Waals surface area (Å²) in [7, 11) is 0. The van der Waals surface area contributed by atoms with Crippen LogP contribution in [0.5, 0.6) is 0 Å². The van der Waals surface area contributed by atoms with E-state index in [1.54, 1.807) is 0 Å². The monoisotopic (exact) mass is 745 g/mol. The summed E-state index contributed by atoms with van der Waals surface area (Å²) in [5.74, 6) is 0. The molecule has 0 saturated heterocycles. The minimum absolute atomic E-state index is 1.15. The van der Waals surface area contributed by atoms with Gasteiger partial charge in [-0.1, -0.05) is 176 Å². The molecule has 0 aliphatic heterocycles. The van der Waals surface area contributed by atoms with Gasteiger partial charge in [0.25, 0.3) is 0 Å². The lowest BCUT2D eigenvalue weighted by Crippen LogP contribution is -1.97. The Bertz CT molecular complexity index is 3760. The minimum Gasteiger partial charge on any atom is -0.309 e. The number of hydrogen-bond donors (Lipinski definition) is 0. The Labute approximate surface area is 341 Å². The van der Waals surface area contributed by atoms with Crippen molar-refractivity contribution in [2.75, 3.05) is 0 Å². The maximum Gasteiger partial charge on any atom is 0.0626 e. The molecule has 272 valence electrons. The number of hydrogen-bond acceptors (Lipinski definition) is 0. The zero-order valence-corrected chi connectivity index (χ0v) is 32.2. The van der Waals surface area contributed by atoms with Crippen LogP contribution < -0.4 is 0 Å². The average molecular weight is 746 g/mol. The van der Waals surface area contributed by atoms with Crippen molar-refractivity contribution in [2.24, 2.45) is 0 Å². The van der Waals surface area contributed by atoms with E-state index in [0.717, 1.165) is 5.69 Å². The van der Waals surface area contributed by atoms with Crippen LogP contribution in [0.1, 0.15) is 0 Å². The number of para-hydroxylation sites is 1. The van der Waals surface area contributed by atoms with Gasteiger partial charge in [0.05, 0.1) is 11.0 Å². The number of benzene rings is 12. The fourth-order valence-electron chi connectivity index (χ4n) is 10.3. The summed E-state index contributed by atoms with van der Waals surface area (Å²) in [5, 5.41) is 18.0. The maximum absolute atomic E-state index is 2.55.